The van der Waals surface area contributed by atoms with Gasteiger partial charge in [-0.2, -0.15) is 0 Å². The Hall–Kier alpha value is -0.870. The van der Waals surface area contributed by atoms with Crippen LogP contribution in [0.5, 0.6) is 0 Å². The summed E-state index contributed by atoms with van der Waals surface area (Å²) in [6, 6.07) is 0. The van der Waals surface area contributed by atoms with E-state index in [4.69, 9.17) is 4.74 Å². The van der Waals surface area contributed by atoms with Crippen LogP contribution in [0, 0.1) is 23.7 Å². The number of hydrogen-bond acceptors (Lipinski definition) is 3. The summed E-state index contributed by atoms with van der Waals surface area (Å²) >= 11 is 0. The maximum atomic E-state index is 11.8. The van der Waals surface area contributed by atoms with Crippen LogP contribution in [-0.4, -0.2) is 28.9 Å². The van der Waals surface area contributed by atoms with Crippen molar-refractivity contribution in [3.63, 3.8) is 0 Å². The molecule has 0 aromatic heterocycles. The number of aliphatic hydroxyl groups excluding tert-OH is 1. The molecule has 4 fully saturated rings. The molecule has 2 aliphatic heterocycles. The number of rotatable bonds is 1. The summed E-state index contributed by atoms with van der Waals surface area (Å²) in [6.07, 6.45) is 2.09. The number of ether oxygens (including phenoxy) is 1. The van der Waals surface area contributed by atoms with Gasteiger partial charge in [0.1, 0.15) is 0 Å². The van der Waals surface area contributed by atoms with E-state index in [1.54, 1.807) is 6.08 Å². The molecule has 7 unspecified atom stereocenters. The summed E-state index contributed by atoms with van der Waals surface area (Å²) in [5, 5.41) is 12.9. The average molecular weight is 207 g/mol. The molecule has 4 aliphatic rings. The zero-order chi connectivity index (χ0) is 10.4. The molecule has 2 saturated carbocycles. The van der Waals surface area contributed by atoms with Crippen molar-refractivity contribution in [1.29, 1.82) is 0 Å². The molecular weight excluding hydrogens is 194 g/mol. The van der Waals surface area contributed by atoms with Crippen LogP contribution in [0.15, 0.2) is 12.7 Å². The largest absolute Gasteiger partial charge is 0.390 e. The second kappa shape index (κ2) is 2.13. The Bertz CT molecular complexity index is 382. The molecule has 2 saturated heterocycles. The summed E-state index contributed by atoms with van der Waals surface area (Å²) in [6.45, 7) is 3.76. The number of hydrogen-bond donors (Lipinski definition) is 2. The van der Waals surface area contributed by atoms with E-state index < -0.39 is 11.8 Å². The molecule has 0 aromatic rings. The van der Waals surface area contributed by atoms with Gasteiger partial charge in [0.25, 0.3) is 0 Å². The van der Waals surface area contributed by atoms with Gasteiger partial charge in [0.05, 0.1) is 18.1 Å². The first-order valence-electron chi connectivity index (χ1n) is 5.49. The van der Waals surface area contributed by atoms with Gasteiger partial charge in [-0.25, -0.2) is 0 Å². The van der Waals surface area contributed by atoms with Gasteiger partial charge in [-0.15, -0.1) is 0 Å². The highest BCUT2D eigenvalue weighted by atomic mass is 16.5. The van der Waals surface area contributed by atoms with E-state index in [0.717, 1.165) is 6.42 Å². The van der Waals surface area contributed by atoms with Crippen molar-refractivity contribution in [3.05, 3.63) is 12.7 Å². The number of carbonyl (C=O) groups is 1. The molecule has 0 aromatic carbocycles. The average Bonchev–Trinajstić information content (AvgIpc) is 2.84. The molecule has 4 heteroatoms. The van der Waals surface area contributed by atoms with Crippen molar-refractivity contribution >= 4 is 5.91 Å². The van der Waals surface area contributed by atoms with Gasteiger partial charge in [-0.3, -0.25) is 4.79 Å². The second-order valence-electron chi connectivity index (χ2n) is 5.17. The lowest BCUT2D eigenvalue weighted by molar-refractivity contribution is -0.135. The lowest BCUT2D eigenvalue weighted by Gasteiger charge is -2.27. The number of fused-ring (bicyclic) bond motifs is 2. The lowest BCUT2D eigenvalue weighted by Crippen LogP contribution is -2.46. The third-order valence-corrected chi connectivity index (χ3v) is 4.80. The van der Waals surface area contributed by atoms with Crippen LogP contribution in [0.2, 0.25) is 0 Å². The van der Waals surface area contributed by atoms with Crippen LogP contribution >= 0.6 is 0 Å². The first-order valence-corrected chi connectivity index (χ1v) is 5.49. The second-order valence-corrected chi connectivity index (χ2v) is 5.17. The van der Waals surface area contributed by atoms with Crippen molar-refractivity contribution < 1.29 is 14.6 Å². The molecule has 4 rings (SSSR count). The van der Waals surface area contributed by atoms with Crippen LogP contribution in [-0.2, 0) is 9.53 Å². The van der Waals surface area contributed by atoms with E-state index in [1.165, 1.54) is 0 Å². The summed E-state index contributed by atoms with van der Waals surface area (Å²) < 4.78 is 5.85. The third kappa shape index (κ3) is 0.647. The van der Waals surface area contributed by atoms with Crippen molar-refractivity contribution in [2.24, 2.45) is 23.7 Å². The maximum absolute atomic E-state index is 11.8. The zero-order valence-electron chi connectivity index (χ0n) is 8.22. The summed E-state index contributed by atoms with van der Waals surface area (Å²) in [4.78, 5) is 11.8. The number of aliphatic hydroxyl groups is 1. The Morgan fingerprint density at radius 3 is 3.13 bits per heavy atom. The van der Waals surface area contributed by atoms with Gasteiger partial charge in [0.15, 0.2) is 5.72 Å². The first kappa shape index (κ1) is 8.30. The van der Waals surface area contributed by atoms with Crippen LogP contribution in [0.1, 0.15) is 6.42 Å². The van der Waals surface area contributed by atoms with E-state index in [9.17, 15) is 9.90 Å². The highest BCUT2D eigenvalue weighted by Crippen LogP contribution is 2.65. The fraction of sp³-hybridized carbons (Fsp3) is 0.727. The maximum Gasteiger partial charge on any atom is 0.226 e. The normalized spacial score (nSPS) is 63.7. The van der Waals surface area contributed by atoms with E-state index >= 15 is 0 Å². The number of carbonyl (C=O) groups excluding carboxylic acids is 1. The quantitative estimate of drug-likeness (QED) is 0.577. The standard InChI is InChI=1S/C11H13NO3/c1-2-11-7-5-3-4(6(7)10(14)12-11)8(13)9(5)15-11/h2,4-9,13H,1,3H2,(H,12,14). The van der Waals surface area contributed by atoms with Crippen LogP contribution in [0.25, 0.3) is 0 Å². The van der Waals surface area contributed by atoms with Crippen LogP contribution in [0.4, 0.5) is 0 Å². The van der Waals surface area contributed by atoms with E-state index in [0.29, 0.717) is 5.92 Å². The minimum absolute atomic E-state index is 0.0320. The molecule has 2 N–H and O–H groups in total. The number of amides is 1. The van der Waals surface area contributed by atoms with Gasteiger partial charge in [0, 0.05) is 5.92 Å². The monoisotopic (exact) mass is 207 g/mol. The van der Waals surface area contributed by atoms with Gasteiger partial charge in [-0.05, 0) is 24.3 Å². The summed E-state index contributed by atoms with van der Waals surface area (Å²) in [5.74, 6) is 0.633. The van der Waals surface area contributed by atoms with Crippen molar-refractivity contribution in [3.8, 4) is 0 Å². The van der Waals surface area contributed by atoms with E-state index in [1.807, 2.05) is 0 Å². The van der Waals surface area contributed by atoms with Gasteiger partial charge in [-0.1, -0.05) is 6.58 Å². The molecule has 2 heterocycles. The molecule has 7 atom stereocenters. The van der Waals surface area contributed by atoms with Crippen molar-refractivity contribution in [2.75, 3.05) is 0 Å². The predicted octanol–water partition coefficient (Wildman–Crippen LogP) is -0.360. The fourth-order valence-electron chi connectivity index (χ4n) is 4.35. The molecule has 2 bridgehead atoms. The van der Waals surface area contributed by atoms with Crippen LogP contribution in [0.3, 0.4) is 0 Å². The Balaban J connectivity index is 1.92. The van der Waals surface area contributed by atoms with Crippen LogP contribution < -0.4 is 5.32 Å². The summed E-state index contributed by atoms with van der Waals surface area (Å²) in [5.41, 5.74) is -0.677. The molecule has 0 radical (unpaired) electrons. The topological polar surface area (TPSA) is 58.6 Å². The predicted molar refractivity (Wildman–Crippen MR) is 50.5 cm³/mol. The summed E-state index contributed by atoms with van der Waals surface area (Å²) in [7, 11) is 0. The van der Waals surface area contributed by atoms with Crippen molar-refractivity contribution in [2.45, 2.75) is 24.4 Å². The molecule has 0 spiro atoms. The number of nitrogens with one attached hydrogen (secondary N) is 1. The van der Waals surface area contributed by atoms with Gasteiger partial charge in [0.2, 0.25) is 5.91 Å². The molecule has 4 nitrogen and oxygen atoms in total. The highest BCUT2D eigenvalue weighted by molar-refractivity contribution is 5.84. The van der Waals surface area contributed by atoms with Gasteiger partial charge >= 0.3 is 0 Å². The smallest absolute Gasteiger partial charge is 0.226 e. The highest BCUT2D eigenvalue weighted by Gasteiger charge is 2.75. The Morgan fingerprint density at radius 2 is 2.40 bits per heavy atom. The molecule has 2 aliphatic carbocycles. The minimum Gasteiger partial charge on any atom is -0.390 e. The first-order chi connectivity index (χ1) is 7.18. The molecule has 15 heavy (non-hydrogen) atoms. The van der Waals surface area contributed by atoms with Crippen molar-refractivity contribution in [1.82, 2.24) is 5.32 Å². The SMILES string of the molecule is C=CC12NC(=O)C3C4CC(C(O1)C4O)C32. The molecular formula is C11H13NO3. The Morgan fingerprint density at radius 1 is 1.60 bits per heavy atom. The van der Waals surface area contributed by atoms with E-state index in [2.05, 4.69) is 11.9 Å². The zero-order valence-corrected chi connectivity index (χ0v) is 8.22. The van der Waals surface area contributed by atoms with Gasteiger partial charge < -0.3 is 15.2 Å². The fourth-order valence-corrected chi connectivity index (χ4v) is 4.35. The molecule has 80 valence electrons. The lowest BCUT2D eigenvalue weighted by atomic mass is 9.77. The Kier molecular flexibility index (Phi) is 1.18. The third-order valence-electron chi connectivity index (χ3n) is 4.80. The minimum atomic E-state index is -0.677. The Labute approximate surface area is 87.3 Å². The molecule has 1 amide bonds. The van der Waals surface area contributed by atoms with E-state index in [-0.39, 0.29) is 29.8 Å².